The molecule has 0 saturated carbocycles. The van der Waals surface area contributed by atoms with Crippen molar-refractivity contribution in [3.05, 3.63) is 69.6 Å². The van der Waals surface area contributed by atoms with Gasteiger partial charge < -0.3 is 19.9 Å². The van der Waals surface area contributed by atoms with Crippen LogP contribution in [0.4, 0.5) is 0 Å². The Labute approximate surface area is 181 Å². The molecule has 0 aliphatic carbocycles. The zero-order valence-electron chi connectivity index (χ0n) is 18.7. The minimum Gasteiger partial charge on any atom is -0.467 e. The van der Waals surface area contributed by atoms with E-state index in [4.69, 9.17) is 4.74 Å². The Bertz CT molecular complexity index is 1020. The van der Waals surface area contributed by atoms with Gasteiger partial charge in [-0.25, -0.2) is 4.79 Å². The summed E-state index contributed by atoms with van der Waals surface area (Å²) in [7, 11) is 1.22. The number of methoxy groups -OCH3 is 1. The number of carbonyl (C=O) groups excluding carboxylic acids is 3. The molecular formula is C23H29N3O5. The van der Waals surface area contributed by atoms with Crippen LogP contribution in [0.25, 0.3) is 0 Å². The molecule has 2 rings (SSSR count). The highest BCUT2D eigenvalue weighted by molar-refractivity contribution is 6.00. The lowest BCUT2D eigenvalue weighted by Gasteiger charge is -2.22. The predicted molar refractivity (Wildman–Crippen MR) is 117 cm³/mol. The van der Waals surface area contributed by atoms with Gasteiger partial charge >= 0.3 is 5.97 Å². The largest absolute Gasteiger partial charge is 0.467 e. The average Bonchev–Trinajstić information content (AvgIpc) is 2.70. The topological polar surface area (TPSA) is 106 Å². The van der Waals surface area contributed by atoms with Crippen molar-refractivity contribution in [2.75, 3.05) is 7.11 Å². The summed E-state index contributed by atoms with van der Waals surface area (Å²) < 4.78 is 6.43. The van der Waals surface area contributed by atoms with Crippen LogP contribution in [0.1, 0.15) is 73.0 Å². The van der Waals surface area contributed by atoms with E-state index in [9.17, 15) is 19.2 Å². The number of aromatic nitrogens is 1. The third-order valence-corrected chi connectivity index (χ3v) is 4.46. The molecule has 0 radical (unpaired) electrons. The van der Waals surface area contributed by atoms with Gasteiger partial charge in [-0.3, -0.25) is 14.4 Å². The number of carbonyl (C=O) groups is 3. The first kappa shape index (κ1) is 23.9. The number of amides is 2. The van der Waals surface area contributed by atoms with E-state index >= 15 is 0 Å². The summed E-state index contributed by atoms with van der Waals surface area (Å²) in [5.41, 5.74) is -1.15. The van der Waals surface area contributed by atoms with Gasteiger partial charge in [-0.15, -0.1) is 0 Å². The number of nitrogens with zero attached hydrogens (tertiary/aromatic N) is 1. The molecule has 166 valence electrons. The molecule has 0 aliphatic heterocycles. The molecule has 0 spiro atoms. The maximum Gasteiger partial charge on any atom is 0.333 e. The van der Waals surface area contributed by atoms with Crippen LogP contribution in [0, 0.1) is 0 Å². The van der Waals surface area contributed by atoms with Crippen LogP contribution in [-0.2, 0) is 9.53 Å². The normalized spacial score (nSPS) is 12.2. The zero-order chi connectivity index (χ0) is 23.3. The summed E-state index contributed by atoms with van der Waals surface area (Å²) in [5.74, 6) is -2.02. The van der Waals surface area contributed by atoms with Crippen LogP contribution in [0.2, 0.25) is 0 Å². The molecule has 0 bridgehead atoms. The number of hydrogen-bond acceptors (Lipinski definition) is 5. The Morgan fingerprint density at radius 3 is 2.00 bits per heavy atom. The molecule has 2 aromatic rings. The number of pyridine rings is 1. The van der Waals surface area contributed by atoms with Crippen molar-refractivity contribution in [2.45, 2.75) is 52.2 Å². The Morgan fingerprint density at radius 2 is 1.52 bits per heavy atom. The van der Waals surface area contributed by atoms with E-state index in [-0.39, 0.29) is 17.2 Å². The maximum atomic E-state index is 13.0. The average molecular weight is 428 g/mol. The highest BCUT2D eigenvalue weighted by atomic mass is 16.5. The van der Waals surface area contributed by atoms with Gasteiger partial charge in [0, 0.05) is 24.0 Å². The number of ether oxygens (including phenoxy) is 1. The smallest absolute Gasteiger partial charge is 0.333 e. The van der Waals surface area contributed by atoms with Crippen LogP contribution in [0.15, 0.2) is 47.5 Å². The van der Waals surface area contributed by atoms with Gasteiger partial charge in [-0.1, -0.05) is 30.3 Å². The molecule has 0 unspecified atom stereocenters. The van der Waals surface area contributed by atoms with E-state index in [1.165, 1.54) is 19.5 Å². The summed E-state index contributed by atoms with van der Waals surface area (Å²) >= 11 is 0. The van der Waals surface area contributed by atoms with Gasteiger partial charge in [-0.2, -0.15) is 0 Å². The van der Waals surface area contributed by atoms with Crippen LogP contribution in [0.5, 0.6) is 0 Å². The molecule has 2 amide bonds. The van der Waals surface area contributed by atoms with E-state index in [1.54, 1.807) is 55.7 Å². The van der Waals surface area contributed by atoms with Crippen molar-refractivity contribution in [2.24, 2.45) is 0 Å². The third kappa shape index (κ3) is 6.04. The fourth-order valence-electron chi connectivity index (χ4n) is 2.88. The number of benzene rings is 1. The summed E-state index contributed by atoms with van der Waals surface area (Å²) in [6.45, 7) is 9.10. The second-order valence-corrected chi connectivity index (χ2v) is 8.50. The van der Waals surface area contributed by atoms with Gasteiger partial charge in [-0.05, 0) is 40.2 Å². The SMILES string of the molecule is COC(=O)[C@@H](NC(=O)c1cn(C(C)C)cc(C(=O)NC(C)(C)C)c1=O)c1ccccc1. The molecule has 8 nitrogen and oxygen atoms in total. The molecule has 0 fully saturated rings. The molecule has 1 aromatic carbocycles. The van der Waals surface area contributed by atoms with Crippen LogP contribution in [-0.4, -0.2) is 35.0 Å². The lowest BCUT2D eigenvalue weighted by atomic mass is 10.1. The van der Waals surface area contributed by atoms with Crippen molar-refractivity contribution in [1.82, 2.24) is 15.2 Å². The summed E-state index contributed by atoms with van der Waals surface area (Å²) in [6, 6.07) is 7.35. The maximum absolute atomic E-state index is 13.0. The Balaban J connectivity index is 2.50. The first-order valence-electron chi connectivity index (χ1n) is 9.96. The number of rotatable bonds is 6. The highest BCUT2D eigenvalue weighted by Gasteiger charge is 2.27. The summed E-state index contributed by atoms with van der Waals surface area (Å²) in [4.78, 5) is 51.0. The fourth-order valence-corrected chi connectivity index (χ4v) is 2.88. The van der Waals surface area contributed by atoms with Crippen molar-refractivity contribution < 1.29 is 19.1 Å². The fraction of sp³-hybridized carbons (Fsp3) is 0.391. The second kappa shape index (κ2) is 9.59. The molecule has 0 saturated heterocycles. The lowest BCUT2D eigenvalue weighted by molar-refractivity contribution is -0.143. The van der Waals surface area contributed by atoms with Crippen LogP contribution < -0.4 is 16.1 Å². The third-order valence-electron chi connectivity index (χ3n) is 4.46. The Morgan fingerprint density at radius 1 is 0.968 bits per heavy atom. The monoisotopic (exact) mass is 427 g/mol. The predicted octanol–water partition coefficient (Wildman–Crippen LogP) is 2.60. The lowest BCUT2D eigenvalue weighted by Crippen LogP contribution is -2.44. The quantitative estimate of drug-likeness (QED) is 0.689. The molecule has 8 heteroatoms. The minimum atomic E-state index is -1.10. The van der Waals surface area contributed by atoms with Gasteiger partial charge in [0.1, 0.15) is 11.1 Å². The van der Waals surface area contributed by atoms with Gasteiger partial charge in [0.15, 0.2) is 6.04 Å². The Hall–Kier alpha value is -3.42. The van der Waals surface area contributed by atoms with E-state index in [0.717, 1.165) is 0 Å². The zero-order valence-corrected chi connectivity index (χ0v) is 18.7. The van der Waals surface area contributed by atoms with Crippen molar-refractivity contribution in [1.29, 1.82) is 0 Å². The number of hydrogen-bond donors (Lipinski definition) is 2. The van der Waals surface area contributed by atoms with Crippen molar-refractivity contribution >= 4 is 17.8 Å². The van der Waals surface area contributed by atoms with E-state index < -0.39 is 34.8 Å². The Kier molecular flexibility index (Phi) is 7.38. The van der Waals surface area contributed by atoms with Gasteiger partial charge in [0.05, 0.1) is 7.11 Å². The highest BCUT2D eigenvalue weighted by Crippen LogP contribution is 2.16. The van der Waals surface area contributed by atoms with Gasteiger partial charge in [0.2, 0.25) is 5.43 Å². The molecule has 1 heterocycles. The van der Waals surface area contributed by atoms with E-state index in [1.807, 2.05) is 13.8 Å². The number of esters is 1. The van der Waals surface area contributed by atoms with Crippen molar-refractivity contribution in [3.63, 3.8) is 0 Å². The van der Waals surface area contributed by atoms with Gasteiger partial charge in [0.25, 0.3) is 11.8 Å². The van der Waals surface area contributed by atoms with Crippen molar-refractivity contribution in [3.8, 4) is 0 Å². The van der Waals surface area contributed by atoms with Crippen LogP contribution in [0.3, 0.4) is 0 Å². The molecule has 0 aliphatic rings. The first-order valence-corrected chi connectivity index (χ1v) is 9.96. The summed E-state index contributed by atoms with van der Waals surface area (Å²) in [5, 5.41) is 5.31. The van der Waals surface area contributed by atoms with Crippen LogP contribution >= 0.6 is 0 Å². The molecule has 31 heavy (non-hydrogen) atoms. The first-order chi connectivity index (χ1) is 14.4. The number of nitrogens with one attached hydrogen (secondary N) is 2. The molecule has 1 atom stereocenters. The standard InChI is InChI=1S/C23H29N3O5/c1-14(2)26-12-16(19(27)17(13-26)21(29)25-23(3,4)5)20(28)24-18(22(30)31-6)15-10-8-7-9-11-15/h7-14,18H,1-6H3,(H,24,28)(H,25,29)/t18-/m0/s1. The second-order valence-electron chi connectivity index (χ2n) is 8.50. The van der Waals surface area contributed by atoms with E-state index in [2.05, 4.69) is 10.6 Å². The molecular weight excluding hydrogens is 398 g/mol. The molecule has 1 aromatic heterocycles. The minimum absolute atomic E-state index is 0.112. The van der Waals surface area contributed by atoms with E-state index in [0.29, 0.717) is 5.56 Å². The molecule has 2 N–H and O–H groups in total. The summed E-state index contributed by atoms with van der Waals surface area (Å²) in [6.07, 6.45) is 2.81.